The summed E-state index contributed by atoms with van der Waals surface area (Å²) in [6.45, 7) is 6.22. The van der Waals surface area contributed by atoms with Crippen LogP contribution in [0.5, 0.6) is 0 Å². The number of para-hydroxylation sites is 1. The molecule has 7 heteroatoms. The van der Waals surface area contributed by atoms with Gasteiger partial charge in [0, 0.05) is 18.0 Å². The molecule has 2 heterocycles. The maximum absolute atomic E-state index is 11.8. The lowest BCUT2D eigenvalue weighted by Gasteiger charge is -2.19. The lowest BCUT2D eigenvalue weighted by molar-refractivity contribution is -0.117. The molecule has 3 aromatic rings. The molecule has 0 fully saturated rings. The van der Waals surface area contributed by atoms with Crippen LogP contribution in [0.15, 0.2) is 47.9 Å². The second-order valence-electron chi connectivity index (χ2n) is 6.43. The zero-order chi connectivity index (χ0) is 20.1. The monoisotopic (exact) mass is 395 g/mol. The van der Waals surface area contributed by atoms with Gasteiger partial charge in [0.15, 0.2) is 11.0 Å². The van der Waals surface area contributed by atoms with Crippen molar-refractivity contribution in [1.82, 2.24) is 19.7 Å². The summed E-state index contributed by atoms with van der Waals surface area (Å²) in [4.78, 5) is 16.1. The van der Waals surface area contributed by atoms with E-state index in [1.807, 2.05) is 19.1 Å². The van der Waals surface area contributed by atoms with E-state index in [9.17, 15) is 4.79 Å². The van der Waals surface area contributed by atoms with Crippen molar-refractivity contribution < 1.29 is 4.79 Å². The number of benzene rings is 1. The van der Waals surface area contributed by atoms with Crippen LogP contribution in [-0.2, 0) is 17.6 Å². The van der Waals surface area contributed by atoms with Crippen molar-refractivity contribution in [3.05, 3.63) is 53.9 Å². The fourth-order valence-corrected chi connectivity index (χ4v) is 4.11. The van der Waals surface area contributed by atoms with Crippen molar-refractivity contribution in [2.75, 3.05) is 0 Å². The van der Waals surface area contributed by atoms with Gasteiger partial charge in [-0.3, -0.25) is 14.3 Å². The number of hydrogen-bond acceptors (Lipinski definition) is 5. The van der Waals surface area contributed by atoms with Crippen LogP contribution >= 0.6 is 11.8 Å². The van der Waals surface area contributed by atoms with Crippen LogP contribution < -0.4 is 5.73 Å². The molecule has 0 aliphatic heterocycles. The Morgan fingerprint density at radius 3 is 2.36 bits per heavy atom. The molecule has 3 rings (SSSR count). The summed E-state index contributed by atoms with van der Waals surface area (Å²) >= 11 is 1.37. The summed E-state index contributed by atoms with van der Waals surface area (Å²) in [6, 6.07) is 10.2. The highest BCUT2D eigenvalue weighted by molar-refractivity contribution is 8.00. The molecule has 0 aliphatic rings. The van der Waals surface area contributed by atoms with Gasteiger partial charge in [-0.15, -0.1) is 10.2 Å². The summed E-state index contributed by atoms with van der Waals surface area (Å²) in [5, 5.41) is 9.20. The maximum Gasteiger partial charge on any atom is 0.231 e. The van der Waals surface area contributed by atoms with Crippen LogP contribution in [0, 0.1) is 0 Å². The summed E-state index contributed by atoms with van der Waals surface area (Å²) in [5.41, 5.74) is 9.96. The molecule has 1 amide bonds. The standard InChI is InChI=1S/C21H25N5OS/c1-4-14-9-7-10-15(5-2)18(14)26-20(16-11-8-12-23-13-16)24-25-21(26)28-17(6-3)19(22)27/h7-13,17H,4-6H2,1-3H3,(H2,22,27). The molecule has 1 unspecified atom stereocenters. The molecular weight excluding hydrogens is 370 g/mol. The molecule has 6 nitrogen and oxygen atoms in total. The van der Waals surface area contributed by atoms with Gasteiger partial charge in [0.05, 0.1) is 10.9 Å². The van der Waals surface area contributed by atoms with Crippen molar-refractivity contribution in [2.24, 2.45) is 5.73 Å². The number of carbonyl (C=O) groups is 1. The Bertz CT molecular complexity index is 932. The lowest BCUT2D eigenvalue weighted by atomic mass is 10.0. The van der Waals surface area contributed by atoms with E-state index < -0.39 is 0 Å². The SMILES string of the molecule is CCc1cccc(CC)c1-n1c(SC(CC)C(N)=O)nnc1-c1cccnc1. The van der Waals surface area contributed by atoms with E-state index in [1.165, 1.54) is 22.9 Å². The number of hydrogen-bond donors (Lipinski definition) is 1. The topological polar surface area (TPSA) is 86.7 Å². The highest BCUT2D eigenvalue weighted by atomic mass is 32.2. The molecule has 0 spiro atoms. The van der Waals surface area contributed by atoms with Gasteiger partial charge in [-0.1, -0.05) is 50.7 Å². The number of nitrogens with zero attached hydrogens (tertiary/aromatic N) is 4. The minimum Gasteiger partial charge on any atom is -0.369 e. The van der Waals surface area contributed by atoms with E-state index in [4.69, 9.17) is 5.73 Å². The fourth-order valence-electron chi connectivity index (χ4n) is 3.20. The number of rotatable bonds is 8. The first-order valence-electron chi connectivity index (χ1n) is 9.53. The third kappa shape index (κ3) is 3.94. The van der Waals surface area contributed by atoms with Crippen molar-refractivity contribution in [2.45, 2.75) is 50.4 Å². The average molecular weight is 396 g/mol. The van der Waals surface area contributed by atoms with Gasteiger partial charge >= 0.3 is 0 Å². The van der Waals surface area contributed by atoms with E-state index >= 15 is 0 Å². The third-order valence-electron chi connectivity index (χ3n) is 4.68. The Morgan fingerprint density at radius 1 is 1.11 bits per heavy atom. The highest BCUT2D eigenvalue weighted by Gasteiger charge is 2.24. The first-order chi connectivity index (χ1) is 13.6. The summed E-state index contributed by atoms with van der Waals surface area (Å²) in [6.07, 6.45) is 5.90. The van der Waals surface area contributed by atoms with E-state index in [0.717, 1.165) is 24.1 Å². The first kappa shape index (κ1) is 20.1. The van der Waals surface area contributed by atoms with Gasteiger partial charge < -0.3 is 5.73 Å². The number of aromatic nitrogens is 4. The van der Waals surface area contributed by atoms with Crippen molar-refractivity contribution in [3.63, 3.8) is 0 Å². The van der Waals surface area contributed by atoms with Crippen LogP contribution in [-0.4, -0.2) is 30.9 Å². The van der Waals surface area contributed by atoms with E-state index in [1.54, 1.807) is 12.4 Å². The zero-order valence-corrected chi connectivity index (χ0v) is 17.2. The normalized spacial score (nSPS) is 12.1. The van der Waals surface area contributed by atoms with E-state index in [-0.39, 0.29) is 11.2 Å². The molecule has 0 radical (unpaired) electrons. The van der Waals surface area contributed by atoms with E-state index in [0.29, 0.717) is 17.4 Å². The molecule has 0 aliphatic carbocycles. The zero-order valence-electron chi connectivity index (χ0n) is 16.4. The second-order valence-corrected chi connectivity index (χ2v) is 7.60. The Morgan fingerprint density at radius 2 is 1.82 bits per heavy atom. The molecule has 1 aromatic carbocycles. The van der Waals surface area contributed by atoms with Crippen molar-refractivity contribution >= 4 is 17.7 Å². The summed E-state index contributed by atoms with van der Waals surface area (Å²) in [7, 11) is 0. The lowest BCUT2D eigenvalue weighted by Crippen LogP contribution is -2.25. The number of carbonyl (C=O) groups excluding carboxylic acids is 1. The van der Waals surface area contributed by atoms with Gasteiger partial charge in [-0.05, 0) is 42.5 Å². The maximum atomic E-state index is 11.8. The summed E-state index contributed by atoms with van der Waals surface area (Å²) < 4.78 is 2.06. The number of thioether (sulfide) groups is 1. The Balaban J connectivity index is 2.26. The van der Waals surface area contributed by atoms with Crippen molar-refractivity contribution in [1.29, 1.82) is 0 Å². The van der Waals surface area contributed by atoms with Gasteiger partial charge in [-0.2, -0.15) is 0 Å². The molecule has 2 aromatic heterocycles. The van der Waals surface area contributed by atoms with Gasteiger partial charge in [0.25, 0.3) is 0 Å². The largest absolute Gasteiger partial charge is 0.369 e. The van der Waals surface area contributed by atoms with Gasteiger partial charge in [-0.25, -0.2) is 0 Å². The minimum atomic E-state index is -0.358. The van der Waals surface area contributed by atoms with Crippen LogP contribution in [0.4, 0.5) is 0 Å². The first-order valence-corrected chi connectivity index (χ1v) is 10.4. The molecule has 0 bridgehead atoms. The molecule has 2 N–H and O–H groups in total. The number of pyridine rings is 1. The molecule has 1 atom stereocenters. The predicted molar refractivity (Wildman–Crippen MR) is 112 cm³/mol. The number of nitrogens with two attached hydrogens (primary N) is 1. The van der Waals surface area contributed by atoms with Crippen LogP contribution in [0.2, 0.25) is 0 Å². The Kier molecular flexibility index (Phi) is 6.46. The average Bonchev–Trinajstić information content (AvgIpc) is 3.14. The predicted octanol–water partition coefficient (Wildman–Crippen LogP) is 3.81. The Labute approximate surface area is 169 Å². The Hall–Kier alpha value is -2.67. The number of amides is 1. The van der Waals surface area contributed by atoms with Crippen LogP contribution in [0.3, 0.4) is 0 Å². The molecule has 146 valence electrons. The highest BCUT2D eigenvalue weighted by Crippen LogP contribution is 2.34. The van der Waals surface area contributed by atoms with Crippen LogP contribution in [0.25, 0.3) is 17.1 Å². The molecule has 28 heavy (non-hydrogen) atoms. The fraction of sp³-hybridized carbons (Fsp3) is 0.333. The molecule has 0 saturated heterocycles. The number of aryl methyl sites for hydroxylation is 2. The summed E-state index contributed by atoms with van der Waals surface area (Å²) in [5.74, 6) is 0.370. The quantitative estimate of drug-likeness (QED) is 0.586. The molecular formula is C21H25N5OS. The second kappa shape index (κ2) is 9.01. The minimum absolute atomic E-state index is 0.343. The van der Waals surface area contributed by atoms with Gasteiger partial charge in [0.2, 0.25) is 5.91 Å². The van der Waals surface area contributed by atoms with E-state index in [2.05, 4.69) is 51.8 Å². The van der Waals surface area contributed by atoms with Crippen molar-refractivity contribution in [3.8, 4) is 17.1 Å². The smallest absolute Gasteiger partial charge is 0.231 e. The van der Waals surface area contributed by atoms with Crippen LogP contribution in [0.1, 0.15) is 38.3 Å². The molecule has 0 saturated carbocycles. The third-order valence-corrected chi connectivity index (χ3v) is 6.00. The number of primary amides is 1. The van der Waals surface area contributed by atoms with Gasteiger partial charge in [0.1, 0.15) is 0 Å².